The van der Waals surface area contributed by atoms with E-state index in [0.29, 0.717) is 5.56 Å². The Kier molecular flexibility index (Phi) is 4.88. The Balaban J connectivity index is 1.80. The van der Waals surface area contributed by atoms with E-state index in [1.807, 2.05) is 68.1 Å². The molecule has 1 heterocycles. The third-order valence-electron chi connectivity index (χ3n) is 4.53. The molecule has 0 aliphatic carbocycles. The SMILES string of the molecule is Cc1ccc(C(=O)Nc2ccc3c(c2)CCCN3C(=O)C(C)C)cc1. The minimum Gasteiger partial charge on any atom is -0.322 e. The van der Waals surface area contributed by atoms with Gasteiger partial charge in [-0.2, -0.15) is 0 Å². The number of anilines is 2. The van der Waals surface area contributed by atoms with Gasteiger partial charge in [0.05, 0.1) is 0 Å². The summed E-state index contributed by atoms with van der Waals surface area (Å²) in [6, 6.07) is 13.3. The van der Waals surface area contributed by atoms with Gasteiger partial charge in [0.2, 0.25) is 5.91 Å². The highest BCUT2D eigenvalue weighted by molar-refractivity contribution is 6.04. The normalized spacial score (nSPS) is 13.5. The lowest BCUT2D eigenvalue weighted by atomic mass is 9.99. The molecule has 130 valence electrons. The van der Waals surface area contributed by atoms with Crippen LogP contribution in [0.3, 0.4) is 0 Å². The zero-order chi connectivity index (χ0) is 18.0. The van der Waals surface area contributed by atoms with Crippen molar-refractivity contribution < 1.29 is 9.59 Å². The first-order chi connectivity index (χ1) is 12.0. The number of benzene rings is 2. The van der Waals surface area contributed by atoms with Crippen LogP contribution in [-0.4, -0.2) is 18.4 Å². The summed E-state index contributed by atoms with van der Waals surface area (Å²) in [5.74, 6) is 0.00938. The highest BCUT2D eigenvalue weighted by Gasteiger charge is 2.24. The van der Waals surface area contributed by atoms with Gasteiger partial charge in [0.25, 0.3) is 5.91 Å². The Labute approximate surface area is 148 Å². The summed E-state index contributed by atoms with van der Waals surface area (Å²) in [4.78, 5) is 26.6. The second-order valence-corrected chi connectivity index (χ2v) is 6.91. The Morgan fingerprint density at radius 1 is 1.08 bits per heavy atom. The highest BCUT2D eigenvalue weighted by Crippen LogP contribution is 2.30. The quantitative estimate of drug-likeness (QED) is 0.914. The fourth-order valence-corrected chi connectivity index (χ4v) is 3.12. The third-order valence-corrected chi connectivity index (χ3v) is 4.53. The third kappa shape index (κ3) is 3.73. The van der Waals surface area contributed by atoms with Crippen LogP contribution < -0.4 is 10.2 Å². The molecule has 0 bridgehead atoms. The van der Waals surface area contributed by atoms with E-state index in [0.717, 1.165) is 41.9 Å². The number of carbonyl (C=O) groups excluding carboxylic acids is 2. The zero-order valence-corrected chi connectivity index (χ0v) is 15.0. The van der Waals surface area contributed by atoms with Gasteiger partial charge in [-0.15, -0.1) is 0 Å². The number of amides is 2. The van der Waals surface area contributed by atoms with Crippen LogP contribution in [0.1, 0.15) is 41.8 Å². The molecule has 1 N–H and O–H groups in total. The van der Waals surface area contributed by atoms with Crippen LogP contribution in [0.15, 0.2) is 42.5 Å². The van der Waals surface area contributed by atoms with Crippen molar-refractivity contribution in [2.45, 2.75) is 33.6 Å². The van der Waals surface area contributed by atoms with E-state index >= 15 is 0 Å². The molecule has 1 aliphatic heterocycles. The van der Waals surface area contributed by atoms with Crippen molar-refractivity contribution in [2.75, 3.05) is 16.8 Å². The van der Waals surface area contributed by atoms with Crippen molar-refractivity contribution in [1.82, 2.24) is 0 Å². The van der Waals surface area contributed by atoms with E-state index in [1.54, 1.807) is 0 Å². The maximum Gasteiger partial charge on any atom is 0.255 e. The number of nitrogens with zero attached hydrogens (tertiary/aromatic N) is 1. The average Bonchev–Trinajstić information content (AvgIpc) is 2.60. The van der Waals surface area contributed by atoms with E-state index in [1.165, 1.54) is 0 Å². The summed E-state index contributed by atoms with van der Waals surface area (Å²) in [5.41, 5.74) is 4.61. The minimum absolute atomic E-state index is 0.0214. The first-order valence-electron chi connectivity index (χ1n) is 8.78. The molecule has 0 saturated heterocycles. The lowest BCUT2D eigenvalue weighted by Gasteiger charge is -2.31. The van der Waals surface area contributed by atoms with Gasteiger partial charge in [-0.1, -0.05) is 31.5 Å². The van der Waals surface area contributed by atoms with Gasteiger partial charge in [-0.3, -0.25) is 9.59 Å². The predicted molar refractivity (Wildman–Crippen MR) is 101 cm³/mol. The smallest absolute Gasteiger partial charge is 0.255 e. The Morgan fingerprint density at radius 3 is 2.48 bits per heavy atom. The van der Waals surface area contributed by atoms with Crippen LogP contribution in [-0.2, 0) is 11.2 Å². The van der Waals surface area contributed by atoms with Crippen LogP contribution in [0.25, 0.3) is 0 Å². The van der Waals surface area contributed by atoms with Crippen LogP contribution in [0.4, 0.5) is 11.4 Å². The summed E-state index contributed by atoms with van der Waals surface area (Å²) in [5, 5.41) is 2.95. The molecule has 4 nitrogen and oxygen atoms in total. The number of fused-ring (bicyclic) bond motifs is 1. The summed E-state index contributed by atoms with van der Waals surface area (Å²) < 4.78 is 0. The van der Waals surface area contributed by atoms with E-state index in [4.69, 9.17) is 0 Å². The molecule has 0 aromatic heterocycles. The second kappa shape index (κ2) is 7.09. The number of rotatable bonds is 3. The number of hydrogen-bond acceptors (Lipinski definition) is 2. The molecule has 0 fully saturated rings. The van der Waals surface area contributed by atoms with Crippen molar-refractivity contribution in [2.24, 2.45) is 5.92 Å². The van der Waals surface area contributed by atoms with Gasteiger partial charge < -0.3 is 10.2 Å². The van der Waals surface area contributed by atoms with Crippen molar-refractivity contribution in [3.05, 3.63) is 59.2 Å². The molecule has 0 saturated carbocycles. The maximum absolute atomic E-state index is 12.4. The molecular formula is C21H24N2O2. The minimum atomic E-state index is -0.120. The van der Waals surface area contributed by atoms with Gasteiger partial charge in [-0.05, 0) is 55.7 Å². The summed E-state index contributed by atoms with van der Waals surface area (Å²) >= 11 is 0. The van der Waals surface area contributed by atoms with E-state index < -0.39 is 0 Å². The van der Waals surface area contributed by atoms with Crippen molar-refractivity contribution >= 4 is 23.2 Å². The molecule has 2 aromatic rings. The summed E-state index contributed by atoms with van der Waals surface area (Å²) in [6.45, 7) is 6.61. The summed E-state index contributed by atoms with van der Waals surface area (Å²) in [7, 11) is 0. The van der Waals surface area contributed by atoms with Gasteiger partial charge in [0, 0.05) is 29.4 Å². The fraction of sp³-hybridized carbons (Fsp3) is 0.333. The Morgan fingerprint density at radius 2 is 1.80 bits per heavy atom. The summed E-state index contributed by atoms with van der Waals surface area (Å²) in [6.07, 6.45) is 1.87. The first-order valence-corrected chi connectivity index (χ1v) is 8.78. The number of hydrogen-bond donors (Lipinski definition) is 1. The molecule has 2 amide bonds. The molecular weight excluding hydrogens is 312 g/mol. The molecule has 0 unspecified atom stereocenters. The highest BCUT2D eigenvalue weighted by atomic mass is 16.2. The second-order valence-electron chi connectivity index (χ2n) is 6.91. The lowest BCUT2D eigenvalue weighted by Crippen LogP contribution is -2.38. The number of aryl methyl sites for hydroxylation is 2. The van der Waals surface area contributed by atoms with Crippen LogP contribution in [0, 0.1) is 12.8 Å². The van der Waals surface area contributed by atoms with Crippen molar-refractivity contribution in [1.29, 1.82) is 0 Å². The molecule has 2 aromatic carbocycles. The van der Waals surface area contributed by atoms with Crippen LogP contribution >= 0.6 is 0 Å². The zero-order valence-electron chi connectivity index (χ0n) is 15.0. The Hall–Kier alpha value is -2.62. The Bertz CT molecular complexity index is 794. The van der Waals surface area contributed by atoms with Crippen LogP contribution in [0.5, 0.6) is 0 Å². The first kappa shape index (κ1) is 17.2. The molecule has 3 rings (SSSR count). The van der Waals surface area contributed by atoms with Crippen molar-refractivity contribution in [3.63, 3.8) is 0 Å². The van der Waals surface area contributed by atoms with Gasteiger partial charge in [0.15, 0.2) is 0 Å². The maximum atomic E-state index is 12.4. The van der Waals surface area contributed by atoms with E-state index in [9.17, 15) is 9.59 Å². The fourth-order valence-electron chi connectivity index (χ4n) is 3.12. The molecule has 0 spiro atoms. The van der Waals surface area contributed by atoms with E-state index in [-0.39, 0.29) is 17.7 Å². The molecule has 25 heavy (non-hydrogen) atoms. The lowest BCUT2D eigenvalue weighted by molar-refractivity contribution is -0.121. The topological polar surface area (TPSA) is 49.4 Å². The number of carbonyl (C=O) groups is 2. The number of nitrogens with one attached hydrogen (secondary N) is 1. The average molecular weight is 336 g/mol. The monoisotopic (exact) mass is 336 g/mol. The predicted octanol–water partition coefficient (Wildman–Crippen LogP) is 4.18. The van der Waals surface area contributed by atoms with Gasteiger partial charge >= 0.3 is 0 Å². The molecule has 0 radical (unpaired) electrons. The van der Waals surface area contributed by atoms with Crippen LogP contribution in [0.2, 0.25) is 0 Å². The molecule has 1 aliphatic rings. The molecule has 0 atom stereocenters. The van der Waals surface area contributed by atoms with Gasteiger partial charge in [0.1, 0.15) is 0 Å². The molecule has 4 heteroatoms. The van der Waals surface area contributed by atoms with E-state index in [2.05, 4.69) is 5.32 Å². The standard InChI is InChI=1S/C21H24N2O2/c1-14(2)21(25)23-12-4-5-17-13-18(10-11-19(17)23)22-20(24)16-8-6-15(3)7-9-16/h6-11,13-14H,4-5,12H2,1-3H3,(H,22,24). The van der Waals surface area contributed by atoms with Crippen molar-refractivity contribution in [3.8, 4) is 0 Å². The van der Waals surface area contributed by atoms with Gasteiger partial charge in [-0.25, -0.2) is 0 Å². The largest absolute Gasteiger partial charge is 0.322 e.